The summed E-state index contributed by atoms with van der Waals surface area (Å²) in [6, 6.07) is 9.01. The van der Waals surface area contributed by atoms with Crippen LogP contribution in [-0.2, 0) is 13.2 Å². The van der Waals surface area contributed by atoms with Crippen molar-refractivity contribution in [1.29, 1.82) is 0 Å². The van der Waals surface area contributed by atoms with Crippen molar-refractivity contribution >= 4 is 17.2 Å². The van der Waals surface area contributed by atoms with Gasteiger partial charge in [-0.2, -0.15) is 10.2 Å². The van der Waals surface area contributed by atoms with E-state index in [4.69, 9.17) is 4.74 Å². The van der Waals surface area contributed by atoms with Gasteiger partial charge in [0.1, 0.15) is 17.0 Å². The molecule has 0 aliphatic carbocycles. The number of rotatable bonds is 7. The summed E-state index contributed by atoms with van der Waals surface area (Å²) in [5.41, 5.74) is 1.85. The average Bonchev–Trinajstić information content (AvgIpc) is 3.38. The van der Waals surface area contributed by atoms with E-state index < -0.39 is 12.3 Å². The van der Waals surface area contributed by atoms with E-state index in [0.717, 1.165) is 10.9 Å². The quantitative estimate of drug-likeness (QED) is 0.482. The second-order valence-corrected chi connectivity index (χ2v) is 6.91. The standard InChI is InChI=1S/C21H20F2N6O2/c1-3-14-4-6-16(7-5-14)31-12-28-11-15(9-24-28)27-21(30)17-10-25-29-18(19(22)23)8-13(2)26-20(17)29/h4-11,19H,3,12H2,1-2H3,(H,27,30). The molecule has 0 saturated carbocycles. The van der Waals surface area contributed by atoms with E-state index in [0.29, 0.717) is 17.1 Å². The van der Waals surface area contributed by atoms with Crippen LogP contribution in [0.4, 0.5) is 14.5 Å². The number of aryl methyl sites for hydroxylation is 2. The van der Waals surface area contributed by atoms with Crippen LogP contribution in [0.15, 0.2) is 48.9 Å². The Kier molecular flexibility index (Phi) is 5.61. The fourth-order valence-electron chi connectivity index (χ4n) is 3.09. The van der Waals surface area contributed by atoms with Gasteiger partial charge in [-0.25, -0.2) is 23.0 Å². The van der Waals surface area contributed by atoms with Crippen LogP contribution in [0.3, 0.4) is 0 Å². The van der Waals surface area contributed by atoms with Crippen LogP contribution in [0.2, 0.25) is 0 Å². The Balaban J connectivity index is 1.45. The summed E-state index contributed by atoms with van der Waals surface area (Å²) in [6.45, 7) is 3.83. The van der Waals surface area contributed by atoms with Gasteiger partial charge >= 0.3 is 0 Å². The number of nitrogens with one attached hydrogen (secondary N) is 1. The van der Waals surface area contributed by atoms with Gasteiger partial charge in [-0.1, -0.05) is 19.1 Å². The Bertz CT molecular complexity index is 1220. The predicted octanol–water partition coefficient (Wildman–Crippen LogP) is 4.02. The summed E-state index contributed by atoms with van der Waals surface area (Å²) < 4.78 is 34.7. The molecule has 0 radical (unpaired) electrons. The van der Waals surface area contributed by atoms with E-state index in [1.807, 2.05) is 24.3 Å². The van der Waals surface area contributed by atoms with Crippen LogP contribution in [0.1, 0.15) is 40.7 Å². The Hall–Kier alpha value is -3.82. The summed E-state index contributed by atoms with van der Waals surface area (Å²) in [5, 5.41) is 10.7. The molecule has 0 unspecified atom stereocenters. The van der Waals surface area contributed by atoms with Crippen LogP contribution in [-0.4, -0.2) is 30.3 Å². The van der Waals surface area contributed by atoms with Gasteiger partial charge in [-0.15, -0.1) is 0 Å². The molecule has 1 N–H and O–H groups in total. The van der Waals surface area contributed by atoms with Crippen molar-refractivity contribution in [2.24, 2.45) is 0 Å². The van der Waals surface area contributed by atoms with Gasteiger partial charge in [0.05, 0.1) is 24.3 Å². The van der Waals surface area contributed by atoms with Gasteiger partial charge in [-0.3, -0.25) is 4.79 Å². The number of alkyl halides is 2. The molecule has 4 rings (SSSR count). The maximum absolute atomic E-state index is 13.3. The Morgan fingerprint density at radius 3 is 2.68 bits per heavy atom. The van der Waals surface area contributed by atoms with Crippen molar-refractivity contribution in [3.05, 3.63) is 71.4 Å². The largest absolute Gasteiger partial charge is 0.471 e. The van der Waals surface area contributed by atoms with Gasteiger partial charge in [0, 0.05) is 5.69 Å². The number of hydrogen-bond acceptors (Lipinski definition) is 5. The maximum Gasteiger partial charge on any atom is 0.280 e. The summed E-state index contributed by atoms with van der Waals surface area (Å²) in [4.78, 5) is 16.9. The number of halogens is 2. The molecule has 0 atom stereocenters. The minimum atomic E-state index is -2.74. The molecule has 31 heavy (non-hydrogen) atoms. The van der Waals surface area contributed by atoms with Crippen molar-refractivity contribution in [2.45, 2.75) is 33.4 Å². The van der Waals surface area contributed by atoms with Crippen molar-refractivity contribution < 1.29 is 18.3 Å². The fourth-order valence-corrected chi connectivity index (χ4v) is 3.09. The maximum atomic E-state index is 13.3. The highest BCUT2D eigenvalue weighted by Crippen LogP contribution is 2.22. The number of fused-ring (bicyclic) bond motifs is 1. The van der Waals surface area contributed by atoms with E-state index in [1.54, 1.807) is 13.1 Å². The molecule has 0 aliphatic heterocycles. The first-order chi connectivity index (χ1) is 14.9. The molecule has 0 bridgehead atoms. The molecule has 4 aromatic rings. The second-order valence-electron chi connectivity index (χ2n) is 6.91. The second kappa shape index (κ2) is 8.50. The normalized spacial score (nSPS) is 11.3. The molecule has 0 saturated heterocycles. The Labute approximate surface area is 176 Å². The smallest absolute Gasteiger partial charge is 0.280 e. The Morgan fingerprint density at radius 2 is 1.97 bits per heavy atom. The number of aromatic nitrogens is 5. The number of nitrogens with zero attached hydrogens (tertiary/aromatic N) is 5. The minimum absolute atomic E-state index is 0.0686. The van der Waals surface area contributed by atoms with Gasteiger partial charge in [0.2, 0.25) is 0 Å². The number of benzene rings is 1. The van der Waals surface area contributed by atoms with Crippen molar-refractivity contribution in [2.75, 3.05) is 5.32 Å². The van der Waals surface area contributed by atoms with E-state index in [-0.39, 0.29) is 23.6 Å². The predicted molar refractivity (Wildman–Crippen MR) is 109 cm³/mol. The number of carbonyl (C=O) groups is 1. The zero-order valence-corrected chi connectivity index (χ0v) is 16.9. The van der Waals surface area contributed by atoms with E-state index in [2.05, 4.69) is 27.4 Å². The number of carbonyl (C=O) groups excluding carboxylic acids is 1. The van der Waals surface area contributed by atoms with Crippen molar-refractivity contribution in [1.82, 2.24) is 24.4 Å². The third-order valence-electron chi connectivity index (χ3n) is 4.68. The van der Waals surface area contributed by atoms with Gasteiger partial charge in [-0.05, 0) is 37.1 Å². The van der Waals surface area contributed by atoms with E-state index >= 15 is 0 Å². The third kappa shape index (κ3) is 4.37. The number of hydrogen-bond donors (Lipinski definition) is 1. The van der Waals surface area contributed by atoms with Gasteiger partial charge < -0.3 is 10.1 Å². The van der Waals surface area contributed by atoms with E-state index in [9.17, 15) is 13.6 Å². The lowest BCUT2D eigenvalue weighted by Crippen LogP contribution is -2.12. The molecular formula is C21H20F2N6O2. The first-order valence-corrected chi connectivity index (χ1v) is 9.63. The fraction of sp³-hybridized carbons (Fsp3) is 0.238. The molecule has 1 aromatic carbocycles. The van der Waals surface area contributed by atoms with Crippen molar-refractivity contribution in [3.63, 3.8) is 0 Å². The monoisotopic (exact) mass is 426 g/mol. The highest BCUT2D eigenvalue weighted by Gasteiger charge is 2.20. The SMILES string of the molecule is CCc1ccc(OCn2cc(NC(=O)c3cnn4c(C(F)F)cc(C)nc34)cn2)cc1. The van der Waals surface area contributed by atoms with Crippen LogP contribution in [0.25, 0.3) is 5.65 Å². The summed E-state index contributed by atoms with van der Waals surface area (Å²) in [6.07, 6.45) is 2.50. The molecule has 3 aromatic heterocycles. The van der Waals surface area contributed by atoms with Crippen LogP contribution >= 0.6 is 0 Å². The first kappa shape index (κ1) is 20.5. The summed E-state index contributed by atoms with van der Waals surface area (Å²) in [5.74, 6) is 0.185. The average molecular weight is 426 g/mol. The Morgan fingerprint density at radius 1 is 1.19 bits per heavy atom. The molecular weight excluding hydrogens is 406 g/mol. The molecule has 8 nitrogen and oxygen atoms in total. The lowest BCUT2D eigenvalue weighted by molar-refractivity contribution is 0.102. The molecule has 1 amide bonds. The molecule has 0 spiro atoms. The molecule has 3 heterocycles. The highest BCUT2D eigenvalue weighted by atomic mass is 19.3. The summed E-state index contributed by atoms with van der Waals surface area (Å²) >= 11 is 0. The van der Waals surface area contributed by atoms with Crippen molar-refractivity contribution in [3.8, 4) is 5.75 Å². The van der Waals surface area contributed by atoms with Gasteiger partial charge in [0.15, 0.2) is 12.4 Å². The third-order valence-corrected chi connectivity index (χ3v) is 4.68. The van der Waals surface area contributed by atoms with Crippen LogP contribution in [0, 0.1) is 6.92 Å². The number of amides is 1. The lowest BCUT2D eigenvalue weighted by Gasteiger charge is -2.07. The summed E-state index contributed by atoms with van der Waals surface area (Å²) in [7, 11) is 0. The van der Waals surface area contributed by atoms with E-state index in [1.165, 1.54) is 28.7 Å². The highest BCUT2D eigenvalue weighted by molar-refractivity contribution is 6.08. The zero-order valence-electron chi connectivity index (χ0n) is 16.9. The zero-order chi connectivity index (χ0) is 22.0. The molecule has 160 valence electrons. The number of anilines is 1. The molecule has 0 fully saturated rings. The first-order valence-electron chi connectivity index (χ1n) is 9.63. The van der Waals surface area contributed by atoms with Gasteiger partial charge in [0.25, 0.3) is 12.3 Å². The topological polar surface area (TPSA) is 86.3 Å². The number of ether oxygens (including phenoxy) is 1. The lowest BCUT2D eigenvalue weighted by atomic mass is 10.2. The van der Waals surface area contributed by atoms with Crippen LogP contribution < -0.4 is 10.1 Å². The molecule has 10 heteroatoms. The minimum Gasteiger partial charge on any atom is -0.471 e. The molecule has 0 aliphatic rings. The van der Waals surface area contributed by atoms with Crippen LogP contribution in [0.5, 0.6) is 5.75 Å².